The molecular formula is C12H22N2. The first-order valence-corrected chi connectivity index (χ1v) is 6.01. The van der Waals surface area contributed by atoms with Crippen LogP contribution in [0, 0.1) is 17.2 Å². The van der Waals surface area contributed by atoms with Crippen LogP contribution in [-0.2, 0) is 0 Å². The summed E-state index contributed by atoms with van der Waals surface area (Å²) < 4.78 is 0. The summed E-state index contributed by atoms with van der Waals surface area (Å²) in [6.07, 6.45) is 10.3. The molecule has 1 saturated carbocycles. The van der Waals surface area contributed by atoms with Crippen molar-refractivity contribution in [2.75, 3.05) is 13.1 Å². The van der Waals surface area contributed by atoms with Crippen LogP contribution in [0.15, 0.2) is 0 Å². The van der Waals surface area contributed by atoms with Crippen LogP contribution in [0.25, 0.3) is 0 Å². The van der Waals surface area contributed by atoms with E-state index in [1.54, 1.807) is 0 Å². The highest BCUT2D eigenvalue weighted by atomic mass is 14.8. The SMILES string of the molecule is N#CCCCNCCC1CCCCC1. The molecule has 1 N–H and O–H groups in total. The number of hydrogen-bond donors (Lipinski definition) is 1. The van der Waals surface area contributed by atoms with E-state index in [9.17, 15) is 0 Å². The molecule has 0 heterocycles. The molecule has 0 aliphatic heterocycles. The minimum absolute atomic E-state index is 0.691. The van der Waals surface area contributed by atoms with Crippen LogP contribution in [0.4, 0.5) is 0 Å². The van der Waals surface area contributed by atoms with Gasteiger partial charge in [0.15, 0.2) is 0 Å². The lowest BCUT2D eigenvalue weighted by atomic mass is 9.87. The number of nitrogens with zero attached hydrogens (tertiary/aromatic N) is 1. The summed E-state index contributed by atoms with van der Waals surface area (Å²) in [4.78, 5) is 0. The first kappa shape index (κ1) is 11.5. The van der Waals surface area contributed by atoms with Gasteiger partial charge in [0.1, 0.15) is 0 Å². The van der Waals surface area contributed by atoms with Gasteiger partial charge in [-0.3, -0.25) is 0 Å². The molecule has 2 nitrogen and oxygen atoms in total. The summed E-state index contributed by atoms with van der Waals surface area (Å²) in [5.41, 5.74) is 0. The molecular weight excluding hydrogens is 172 g/mol. The highest BCUT2D eigenvalue weighted by Gasteiger charge is 2.12. The molecule has 0 amide bonds. The lowest BCUT2D eigenvalue weighted by molar-refractivity contribution is 0.334. The third-order valence-electron chi connectivity index (χ3n) is 3.10. The monoisotopic (exact) mass is 194 g/mol. The molecule has 14 heavy (non-hydrogen) atoms. The van der Waals surface area contributed by atoms with Gasteiger partial charge in [-0.2, -0.15) is 5.26 Å². The maximum atomic E-state index is 8.35. The molecule has 0 spiro atoms. The largest absolute Gasteiger partial charge is 0.317 e. The standard InChI is InChI=1S/C12H22N2/c13-9-4-5-10-14-11-8-12-6-2-1-3-7-12/h12,14H,1-8,10-11H2. The van der Waals surface area contributed by atoms with E-state index in [1.165, 1.54) is 38.5 Å². The molecule has 80 valence electrons. The number of rotatable bonds is 6. The molecule has 0 radical (unpaired) electrons. The van der Waals surface area contributed by atoms with Gasteiger partial charge >= 0.3 is 0 Å². The van der Waals surface area contributed by atoms with E-state index >= 15 is 0 Å². The topological polar surface area (TPSA) is 35.8 Å². The third kappa shape index (κ3) is 5.24. The maximum Gasteiger partial charge on any atom is 0.0622 e. The van der Waals surface area contributed by atoms with Crippen molar-refractivity contribution in [3.63, 3.8) is 0 Å². The van der Waals surface area contributed by atoms with Crippen molar-refractivity contribution >= 4 is 0 Å². The average Bonchev–Trinajstić information content (AvgIpc) is 2.25. The highest BCUT2D eigenvalue weighted by Crippen LogP contribution is 2.25. The quantitative estimate of drug-likeness (QED) is 0.660. The minimum atomic E-state index is 0.691. The Morgan fingerprint density at radius 2 is 1.93 bits per heavy atom. The van der Waals surface area contributed by atoms with Gasteiger partial charge in [0, 0.05) is 6.42 Å². The fraction of sp³-hybridized carbons (Fsp3) is 0.917. The van der Waals surface area contributed by atoms with Crippen molar-refractivity contribution in [1.29, 1.82) is 5.26 Å². The predicted molar refractivity (Wildman–Crippen MR) is 58.9 cm³/mol. The van der Waals surface area contributed by atoms with Gasteiger partial charge in [0.25, 0.3) is 0 Å². The molecule has 1 rings (SSSR count). The average molecular weight is 194 g/mol. The molecule has 2 heteroatoms. The van der Waals surface area contributed by atoms with Crippen molar-refractivity contribution in [3.05, 3.63) is 0 Å². The normalized spacial score (nSPS) is 17.9. The number of nitrogens with one attached hydrogen (secondary N) is 1. The predicted octanol–water partition coefficient (Wildman–Crippen LogP) is 2.85. The van der Waals surface area contributed by atoms with Crippen molar-refractivity contribution in [3.8, 4) is 6.07 Å². The van der Waals surface area contributed by atoms with Crippen LogP contribution >= 0.6 is 0 Å². The molecule has 0 unspecified atom stereocenters. The molecule has 1 aliphatic carbocycles. The van der Waals surface area contributed by atoms with Gasteiger partial charge in [-0.05, 0) is 31.8 Å². The molecule has 0 aromatic heterocycles. The van der Waals surface area contributed by atoms with E-state index in [0.29, 0.717) is 6.42 Å². The first-order valence-electron chi connectivity index (χ1n) is 6.01. The summed E-state index contributed by atoms with van der Waals surface area (Å²) >= 11 is 0. The van der Waals surface area contributed by atoms with Crippen LogP contribution in [0.1, 0.15) is 51.4 Å². The van der Waals surface area contributed by atoms with E-state index in [2.05, 4.69) is 11.4 Å². The Hall–Kier alpha value is -0.550. The van der Waals surface area contributed by atoms with E-state index in [0.717, 1.165) is 25.4 Å². The first-order chi connectivity index (χ1) is 6.93. The Morgan fingerprint density at radius 3 is 2.64 bits per heavy atom. The molecule has 0 aromatic rings. The zero-order valence-corrected chi connectivity index (χ0v) is 9.10. The van der Waals surface area contributed by atoms with Gasteiger partial charge in [0.05, 0.1) is 6.07 Å². The fourth-order valence-electron chi connectivity index (χ4n) is 2.20. The van der Waals surface area contributed by atoms with Crippen LogP contribution in [0.3, 0.4) is 0 Å². The van der Waals surface area contributed by atoms with E-state index in [1.807, 2.05) is 0 Å². The summed E-state index contributed by atoms with van der Waals surface area (Å²) in [6.45, 7) is 2.16. The Bertz CT molecular complexity index is 166. The lowest BCUT2D eigenvalue weighted by Crippen LogP contribution is -2.20. The van der Waals surface area contributed by atoms with Crippen molar-refractivity contribution in [1.82, 2.24) is 5.32 Å². The number of hydrogen-bond acceptors (Lipinski definition) is 2. The second kappa shape index (κ2) is 7.82. The molecule has 1 aliphatic rings. The summed E-state index contributed by atoms with van der Waals surface area (Å²) in [7, 11) is 0. The lowest BCUT2D eigenvalue weighted by Gasteiger charge is -2.21. The van der Waals surface area contributed by atoms with Crippen LogP contribution in [-0.4, -0.2) is 13.1 Å². The Balaban J connectivity index is 1.85. The molecule has 0 atom stereocenters. The molecule has 0 bridgehead atoms. The van der Waals surface area contributed by atoms with Crippen LogP contribution < -0.4 is 5.32 Å². The Labute approximate surface area is 87.7 Å². The highest BCUT2D eigenvalue weighted by molar-refractivity contribution is 4.70. The van der Waals surface area contributed by atoms with E-state index in [4.69, 9.17) is 5.26 Å². The van der Waals surface area contributed by atoms with Gasteiger partial charge in [-0.1, -0.05) is 32.1 Å². The zero-order chi connectivity index (χ0) is 10.1. The molecule has 0 saturated heterocycles. The Kier molecular flexibility index (Phi) is 6.43. The van der Waals surface area contributed by atoms with Gasteiger partial charge in [-0.15, -0.1) is 0 Å². The smallest absolute Gasteiger partial charge is 0.0622 e. The van der Waals surface area contributed by atoms with Crippen LogP contribution in [0.2, 0.25) is 0 Å². The summed E-state index contributed by atoms with van der Waals surface area (Å²) in [6, 6.07) is 2.17. The van der Waals surface area contributed by atoms with E-state index < -0.39 is 0 Å². The second-order valence-corrected chi connectivity index (χ2v) is 4.30. The maximum absolute atomic E-state index is 8.35. The van der Waals surface area contributed by atoms with Crippen molar-refractivity contribution < 1.29 is 0 Å². The van der Waals surface area contributed by atoms with Crippen molar-refractivity contribution in [2.45, 2.75) is 51.4 Å². The summed E-state index contributed by atoms with van der Waals surface area (Å²) in [5, 5.41) is 11.8. The summed E-state index contributed by atoms with van der Waals surface area (Å²) in [5.74, 6) is 0.979. The minimum Gasteiger partial charge on any atom is -0.317 e. The van der Waals surface area contributed by atoms with E-state index in [-0.39, 0.29) is 0 Å². The molecule has 0 aromatic carbocycles. The Morgan fingerprint density at radius 1 is 1.14 bits per heavy atom. The number of nitriles is 1. The van der Waals surface area contributed by atoms with Gasteiger partial charge in [-0.25, -0.2) is 0 Å². The van der Waals surface area contributed by atoms with Crippen LogP contribution in [0.5, 0.6) is 0 Å². The van der Waals surface area contributed by atoms with Gasteiger partial charge < -0.3 is 5.32 Å². The zero-order valence-electron chi connectivity index (χ0n) is 9.10. The second-order valence-electron chi connectivity index (χ2n) is 4.30. The fourth-order valence-corrected chi connectivity index (χ4v) is 2.20. The number of unbranched alkanes of at least 4 members (excludes halogenated alkanes) is 1. The van der Waals surface area contributed by atoms with Gasteiger partial charge in [0.2, 0.25) is 0 Å². The van der Waals surface area contributed by atoms with Crippen molar-refractivity contribution in [2.24, 2.45) is 5.92 Å². The third-order valence-corrected chi connectivity index (χ3v) is 3.10. The molecule has 1 fully saturated rings.